The van der Waals surface area contributed by atoms with E-state index in [1.807, 2.05) is 6.92 Å². The van der Waals surface area contributed by atoms with Gasteiger partial charge in [0.2, 0.25) is 0 Å². The Hall–Kier alpha value is -0.333. The molecule has 0 rings (SSSR count). The molecule has 10 heavy (non-hydrogen) atoms. The molecule has 1 atom stereocenters. The fourth-order valence-electron chi connectivity index (χ4n) is 0.412. The van der Waals surface area contributed by atoms with Gasteiger partial charge in [-0.1, -0.05) is 0 Å². The molecule has 0 radical (unpaired) electrons. The van der Waals surface area contributed by atoms with Gasteiger partial charge in [-0.25, -0.2) is 0 Å². The second-order valence-corrected chi connectivity index (χ2v) is 7.97. The van der Waals surface area contributed by atoms with Crippen molar-refractivity contribution in [2.45, 2.75) is 26.6 Å². The molecule has 2 nitrogen and oxygen atoms in total. The molecule has 0 saturated heterocycles. The van der Waals surface area contributed by atoms with Crippen LogP contribution in [-0.2, 0) is 4.43 Å². The molecule has 0 aliphatic heterocycles. The van der Waals surface area contributed by atoms with Crippen LogP contribution in [-0.4, -0.2) is 14.9 Å². The van der Waals surface area contributed by atoms with Crippen LogP contribution in [0.1, 0.15) is 6.92 Å². The van der Waals surface area contributed by atoms with Crippen LogP contribution < -0.4 is 0 Å². The number of nitrogens with zero attached hydrogens (tertiary/aromatic N) is 1. The molecule has 0 aliphatic carbocycles. The van der Waals surface area contributed by atoms with E-state index in [-0.39, 0.29) is 5.92 Å². The first-order valence-corrected chi connectivity index (χ1v) is 6.90. The molecule has 0 N–H and O–H groups in total. The van der Waals surface area contributed by atoms with Crippen molar-refractivity contribution in [2.24, 2.45) is 5.92 Å². The first-order valence-electron chi connectivity index (χ1n) is 3.49. The molecule has 0 fully saturated rings. The maximum absolute atomic E-state index is 8.42. The third-order valence-electron chi connectivity index (χ3n) is 0.987. The van der Waals surface area contributed by atoms with Gasteiger partial charge in [0.1, 0.15) is 0 Å². The largest absolute Gasteiger partial charge is 0.416 e. The summed E-state index contributed by atoms with van der Waals surface area (Å²) in [5.74, 6) is 0.0340. The highest BCUT2D eigenvalue weighted by Gasteiger charge is 2.14. The molecular weight excluding hydrogens is 142 g/mol. The van der Waals surface area contributed by atoms with Crippen molar-refractivity contribution in [1.82, 2.24) is 0 Å². The molecule has 0 spiro atoms. The molecule has 0 heterocycles. The van der Waals surface area contributed by atoms with Gasteiger partial charge in [-0.15, -0.1) is 0 Å². The molecule has 58 valence electrons. The highest BCUT2D eigenvalue weighted by Crippen LogP contribution is 2.04. The van der Waals surface area contributed by atoms with Crippen molar-refractivity contribution in [3.63, 3.8) is 0 Å². The van der Waals surface area contributed by atoms with Gasteiger partial charge in [-0.2, -0.15) is 5.26 Å². The fraction of sp³-hybridized carbons (Fsp3) is 0.857. The van der Waals surface area contributed by atoms with Crippen LogP contribution in [0.5, 0.6) is 0 Å². The van der Waals surface area contributed by atoms with Crippen molar-refractivity contribution in [3.8, 4) is 6.07 Å². The maximum atomic E-state index is 8.42. The van der Waals surface area contributed by atoms with Gasteiger partial charge in [-0.3, -0.25) is 0 Å². The molecule has 0 amide bonds. The minimum absolute atomic E-state index is 0.0340. The van der Waals surface area contributed by atoms with E-state index in [0.29, 0.717) is 6.61 Å². The van der Waals surface area contributed by atoms with Gasteiger partial charge in [0.25, 0.3) is 0 Å². The Balaban J connectivity index is 3.48. The summed E-state index contributed by atoms with van der Waals surface area (Å²) in [6.07, 6.45) is 0. The summed E-state index contributed by atoms with van der Waals surface area (Å²) in [4.78, 5) is 0. The molecule has 0 aromatic heterocycles. The second kappa shape index (κ2) is 3.74. The molecule has 3 heteroatoms. The Morgan fingerprint density at radius 3 is 2.30 bits per heavy atom. The van der Waals surface area contributed by atoms with Gasteiger partial charge < -0.3 is 4.43 Å². The van der Waals surface area contributed by atoms with Crippen LogP contribution in [0.4, 0.5) is 0 Å². The predicted molar refractivity (Wildman–Crippen MR) is 44.1 cm³/mol. The average molecular weight is 157 g/mol. The van der Waals surface area contributed by atoms with E-state index in [2.05, 4.69) is 25.7 Å². The van der Waals surface area contributed by atoms with Crippen LogP contribution in [0.25, 0.3) is 0 Å². The van der Waals surface area contributed by atoms with Gasteiger partial charge in [0.05, 0.1) is 12.0 Å². The maximum Gasteiger partial charge on any atom is 0.183 e. The summed E-state index contributed by atoms with van der Waals surface area (Å²) in [5.41, 5.74) is 0. The first kappa shape index (κ1) is 9.67. The van der Waals surface area contributed by atoms with Crippen molar-refractivity contribution < 1.29 is 4.43 Å². The zero-order valence-corrected chi connectivity index (χ0v) is 8.14. The summed E-state index contributed by atoms with van der Waals surface area (Å²) in [7, 11) is -1.39. The van der Waals surface area contributed by atoms with E-state index in [9.17, 15) is 0 Å². The minimum Gasteiger partial charge on any atom is -0.416 e. The molecule has 0 aromatic carbocycles. The van der Waals surface area contributed by atoms with Gasteiger partial charge in [0.15, 0.2) is 8.32 Å². The summed E-state index contributed by atoms with van der Waals surface area (Å²) in [6, 6.07) is 2.13. The van der Waals surface area contributed by atoms with E-state index < -0.39 is 8.32 Å². The quantitative estimate of drug-likeness (QED) is 0.587. The van der Waals surface area contributed by atoms with Crippen LogP contribution in [0.15, 0.2) is 0 Å². The van der Waals surface area contributed by atoms with Crippen LogP contribution >= 0.6 is 0 Å². The lowest BCUT2D eigenvalue weighted by atomic mass is 10.2. The summed E-state index contributed by atoms with van der Waals surface area (Å²) in [6.45, 7) is 8.83. The summed E-state index contributed by atoms with van der Waals surface area (Å²) in [5, 5.41) is 8.42. The van der Waals surface area contributed by atoms with Gasteiger partial charge >= 0.3 is 0 Å². The normalized spacial score (nSPS) is 14.3. The van der Waals surface area contributed by atoms with E-state index in [4.69, 9.17) is 9.69 Å². The molecular formula is C7H15NOSi. The minimum atomic E-state index is -1.39. The Kier molecular flexibility index (Phi) is 3.62. The third kappa shape index (κ3) is 5.80. The highest BCUT2D eigenvalue weighted by molar-refractivity contribution is 6.69. The molecule has 0 unspecified atom stereocenters. The Morgan fingerprint density at radius 2 is 2.00 bits per heavy atom. The zero-order chi connectivity index (χ0) is 8.20. The fourth-order valence-corrected chi connectivity index (χ4v) is 1.16. The third-order valence-corrected chi connectivity index (χ3v) is 2.02. The summed E-state index contributed by atoms with van der Waals surface area (Å²) < 4.78 is 5.50. The first-order chi connectivity index (χ1) is 4.45. The van der Waals surface area contributed by atoms with Crippen molar-refractivity contribution in [1.29, 1.82) is 5.26 Å². The Morgan fingerprint density at radius 1 is 1.50 bits per heavy atom. The average Bonchev–Trinajstić information content (AvgIpc) is 1.81. The lowest BCUT2D eigenvalue weighted by Crippen LogP contribution is -2.27. The standard InChI is InChI=1S/C7H15NOSi/c1-7(5-8)6-9-10(2,3)4/h7H,6H2,1-4H3/t7-/m1/s1. The molecule has 0 saturated carbocycles. The van der Waals surface area contributed by atoms with E-state index >= 15 is 0 Å². The topological polar surface area (TPSA) is 33.0 Å². The van der Waals surface area contributed by atoms with Gasteiger partial charge in [0, 0.05) is 6.61 Å². The lowest BCUT2D eigenvalue weighted by Gasteiger charge is -2.17. The van der Waals surface area contributed by atoms with Crippen molar-refractivity contribution >= 4 is 8.32 Å². The number of nitriles is 1. The van der Waals surface area contributed by atoms with Crippen LogP contribution in [0, 0.1) is 17.2 Å². The summed E-state index contributed by atoms with van der Waals surface area (Å²) >= 11 is 0. The van der Waals surface area contributed by atoms with Crippen molar-refractivity contribution in [3.05, 3.63) is 0 Å². The second-order valence-electron chi connectivity index (χ2n) is 3.45. The van der Waals surface area contributed by atoms with E-state index in [1.165, 1.54) is 0 Å². The van der Waals surface area contributed by atoms with E-state index in [1.54, 1.807) is 0 Å². The van der Waals surface area contributed by atoms with E-state index in [0.717, 1.165) is 0 Å². The Labute approximate surface area is 63.9 Å². The van der Waals surface area contributed by atoms with Crippen LogP contribution in [0.3, 0.4) is 0 Å². The van der Waals surface area contributed by atoms with Crippen molar-refractivity contribution in [2.75, 3.05) is 6.61 Å². The lowest BCUT2D eigenvalue weighted by molar-refractivity contribution is 0.282. The smallest absolute Gasteiger partial charge is 0.183 e. The molecule has 0 aromatic rings. The van der Waals surface area contributed by atoms with Gasteiger partial charge in [-0.05, 0) is 26.6 Å². The number of hydrogen-bond donors (Lipinski definition) is 0. The highest BCUT2D eigenvalue weighted by atomic mass is 28.4. The Bertz CT molecular complexity index is 134. The monoisotopic (exact) mass is 157 g/mol. The van der Waals surface area contributed by atoms with Crippen LogP contribution in [0.2, 0.25) is 19.6 Å². The number of rotatable bonds is 3. The predicted octanol–water partition coefficient (Wildman–Crippen LogP) is 2.00. The number of hydrogen-bond acceptors (Lipinski definition) is 2. The molecule has 0 bridgehead atoms. The SMILES string of the molecule is C[C@H](C#N)CO[Si](C)(C)C. The zero-order valence-electron chi connectivity index (χ0n) is 7.14. The molecule has 0 aliphatic rings.